The van der Waals surface area contributed by atoms with Crippen molar-refractivity contribution in [1.29, 1.82) is 0 Å². The van der Waals surface area contributed by atoms with Crippen molar-refractivity contribution in [3.8, 4) is 0 Å². The molecule has 102 valence electrons. The van der Waals surface area contributed by atoms with Gasteiger partial charge in [0.15, 0.2) is 0 Å². The van der Waals surface area contributed by atoms with Crippen molar-refractivity contribution < 1.29 is 9.90 Å². The first kappa shape index (κ1) is 16.5. The van der Waals surface area contributed by atoms with E-state index in [1.807, 2.05) is 0 Å². The lowest BCUT2D eigenvalue weighted by molar-refractivity contribution is -0.137. The summed E-state index contributed by atoms with van der Waals surface area (Å²) >= 11 is 0. The highest BCUT2D eigenvalue weighted by Gasteiger charge is 2.09. The largest absolute Gasteiger partial charge is 0.481 e. The maximum absolute atomic E-state index is 10.5. The van der Waals surface area contributed by atoms with Crippen LogP contribution in [0.2, 0.25) is 0 Å². The zero-order chi connectivity index (χ0) is 12.9. The Kier molecular flexibility index (Phi) is 11.6. The second kappa shape index (κ2) is 11.9. The van der Waals surface area contributed by atoms with Crippen LogP contribution in [0.5, 0.6) is 0 Å². The summed E-state index contributed by atoms with van der Waals surface area (Å²) in [6.45, 7) is 4.47. The Bertz CT molecular complexity index is 168. The summed E-state index contributed by atoms with van der Waals surface area (Å²) < 4.78 is 0. The number of aliphatic carboxylic acids is 1. The summed E-state index contributed by atoms with van der Waals surface area (Å²) in [4.78, 5) is 10.5. The highest BCUT2D eigenvalue weighted by atomic mass is 16.4. The van der Waals surface area contributed by atoms with E-state index in [1.54, 1.807) is 0 Å². The fraction of sp³-hybridized carbons (Fsp3) is 0.933. The minimum Gasteiger partial charge on any atom is -0.481 e. The molecule has 0 atom stereocenters. The van der Waals surface area contributed by atoms with E-state index >= 15 is 0 Å². The average Bonchev–Trinajstić information content (AvgIpc) is 2.28. The summed E-state index contributed by atoms with van der Waals surface area (Å²) in [7, 11) is 0. The van der Waals surface area contributed by atoms with Gasteiger partial charge in [0.1, 0.15) is 0 Å². The molecule has 17 heavy (non-hydrogen) atoms. The van der Waals surface area contributed by atoms with Crippen LogP contribution >= 0.6 is 0 Å². The maximum atomic E-state index is 10.5. The first-order valence-corrected chi connectivity index (χ1v) is 7.42. The Hall–Kier alpha value is -0.530. The quantitative estimate of drug-likeness (QED) is 0.488. The number of carboxylic acid groups (broad SMARTS) is 1. The molecule has 2 nitrogen and oxygen atoms in total. The van der Waals surface area contributed by atoms with Crippen LogP contribution in [0.25, 0.3) is 0 Å². The van der Waals surface area contributed by atoms with Crippen molar-refractivity contribution in [2.75, 3.05) is 0 Å². The van der Waals surface area contributed by atoms with Crippen LogP contribution in [0.4, 0.5) is 0 Å². The highest BCUT2D eigenvalue weighted by Crippen LogP contribution is 2.22. The fourth-order valence-corrected chi connectivity index (χ4v) is 2.34. The van der Waals surface area contributed by atoms with Crippen LogP contribution in [-0.2, 0) is 4.79 Å². The minimum atomic E-state index is -0.647. The van der Waals surface area contributed by atoms with Gasteiger partial charge in [-0.05, 0) is 18.8 Å². The SMILES string of the molecule is CCCCCC(CCCCC)CCCC(=O)O. The summed E-state index contributed by atoms with van der Waals surface area (Å²) in [5.41, 5.74) is 0. The van der Waals surface area contributed by atoms with Crippen molar-refractivity contribution in [1.82, 2.24) is 0 Å². The molecular formula is C15H30O2. The molecule has 0 rings (SSSR count). The third-order valence-electron chi connectivity index (χ3n) is 3.43. The van der Waals surface area contributed by atoms with Gasteiger partial charge in [0.25, 0.3) is 0 Å². The molecule has 0 aliphatic carbocycles. The number of hydrogen-bond acceptors (Lipinski definition) is 1. The van der Waals surface area contributed by atoms with Gasteiger partial charge in [-0.1, -0.05) is 65.2 Å². The van der Waals surface area contributed by atoms with Gasteiger partial charge in [0.05, 0.1) is 0 Å². The second-order valence-electron chi connectivity index (χ2n) is 5.14. The van der Waals surface area contributed by atoms with Crippen molar-refractivity contribution in [3.05, 3.63) is 0 Å². The molecule has 0 aliphatic rings. The zero-order valence-corrected chi connectivity index (χ0v) is 11.7. The van der Waals surface area contributed by atoms with E-state index in [-0.39, 0.29) is 0 Å². The molecule has 0 aromatic heterocycles. The third-order valence-corrected chi connectivity index (χ3v) is 3.43. The summed E-state index contributed by atoms with van der Waals surface area (Å²) in [5, 5.41) is 8.65. The molecule has 0 aliphatic heterocycles. The zero-order valence-electron chi connectivity index (χ0n) is 11.7. The van der Waals surface area contributed by atoms with E-state index in [2.05, 4.69) is 13.8 Å². The van der Waals surface area contributed by atoms with Gasteiger partial charge in [-0.25, -0.2) is 0 Å². The van der Waals surface area contributed by atoms with Gasteiger partial charge in [0, 0.05) is 6.42 Å². The summed E-state index contributed by atoms with van der Waals surface area (Å²) in [6, 6.07) is 0. The fourth-order valence-electron chi connectivity index (χ4n) is 2.34. The molecular weight excluding hydrogens is 212 g/mol. The average molecular weight is 242 g/mol. The molecule has 0 bridgehead atoms. The van der Waals surface area contributed by atoms with E-state index < -0.39 is 5.97 Å². The van der Waals surface area contributed by atoms with Gasteiger partial charge in [-0.3, -0.25) is 4.79 Å². The standard InChI is InChI=1S/C15H30O2/c1-3-5-7-10-14(11-8-6-4-2)12-9-13-15(16)17/h14H,3-13H2,1-2H3,(H,16,17). The monoisotopic (exact) mass is 242 g/mol. The number of unbranched alkanes of at least 4 members (excludes halogenated alkanes) is 4. The van der Waals surface area contributed by atoms with Crippen LogP contribution < -0.4 is 0 Å². The first-order chi connectivity index (χ1) is 8.20. The molecule has 0 spiro atoms. The lowest BCUT2D eigenvalue weighted by atomic mass is 9.90. The smallest absolute Gasteiger partial charge is 0.303 e. The van der Waals surface area contributed by atoms with E-state index in [4.69, 9.17) is 5.11 Å². The number of carbonyl (C=O) groups is 1. The Balaban J connectivity index is 3.71. The van der Waals surface area contributed by atoms with Gasteiger partial charge >= 0.3 is 5.97 Å². The molecule has 2 heteroatoms. The molecule has 0 fully saturated rings. The lowest BCUT2D eigenvalue weighted by Gasteiger charge is -2.16. The number of rotatable bonds is 12. The molecule has 0 unspecified atom stereocenters. The van der Waals surface area contributed by atoms with E-state index in [1.165, 1.54) is 51.4 Å². The van der Waals surface area contributed by atoms with Crippen molar-refractivity contribution in [2.24, 2.45) is 5.92 Å². The molecule has 1 N–H and O–H groups in total. The highest BCUT2D eigenvalue weighted by molar-refractivity contribution is 5.66. The van der Waals surface area contributed by atoms with Crippen molar-refractivity contribution in [2.45, 2.75) is 84.5 Å². The Morgan fingerprint density at radius 2 is 1.35 bits per heavy atom. The predicted molar refractivity (Wildman–Crippen MR) is 73.3 cm³/mol. The van der Waals surface area contributed by atoms with E-state index in [0.29, 0.717) is 6.42 Å². The van der Waals surface area contributed by atoms with Crippen LogP contribution in [0.1, 0.15) is 84.5 Å². The Morgan fingerprint density at radius 1 is 0.882 bits per heavy atom. The lowest BCUT2D eigenvalue weighted by Crippen LogP contribution is -2.03. The van der Waals surface area contributed by atoms with Crippen molar-refractivity contribution >= 4 is 5.97 Å². The predicted octanol–water partition coefficient (Wildman–Crippen LogP) is 5.02. The molecule has 0 amide bonds. The normalized spacial score (nSPS) is 11.0. The van der Waals surface area contributed by atoms with Gasteiger partial charge in [-0.2, -0.15) is 0 Å². The Labute approximate surface area is 107 Å². The topological polar surface area (TPSA) is 37.3 Å². The number of carboxylic acids is 1. The molecule has 0 saturated heterocycles. The maximum Gasteiger partial charge on any atom is 0.303 e. The van der Waals surface area contributed by atoms with Crippen LogP contribution in [-0.4, -0.2) is 11.1 Å². The third kappa shape index (κ3) is 11.7. The van der Waals surface area contributed by atoms with Gasteiger partial charge in [0.2, 0.25) is 0 Å². The molecule has 0 radical (unpaired) electrons. The van der Waals surface area contributed by atoms with E-state index in [0.717, 1.165) is 18.8 Å². The molecule has 0 saturated carbocycles. The van der Waals surface area contributed by atoms with Crippen LogP contribution in [0.3, 0.4) is 0 Å². The van der Waals surface area contributed by atoms with Gasteiger partial charge in [-0.15, -0.1) is 0 Å². The number of hydrogen-bond donors (Lipinski definition) is 1. The summed E-state index contributed by atoms with van der Waals surface area (Å²) in [6.07, 6.45) is 12.8. The first-order valence-electron chi connectivity index (χ1n) is 7.42. The molecule has 0 heterocycles. The second-order valence-corrected chi connectivity index (χ2v) is 5.14. The molecule has 0 aromatic carbocycles. The van der Waals surface area contributed by atoms with Crippen LogP contribution in [0, 0.1) is 5.92 Å². The van der Waals surface area contributed by atoms with E-state index in [9.17, 15) is 4.79 Å². The minimum absolute atomic E-state index is 0.345. The summed E-state index contributed by atoms with van der Waals surface area (Å²) in [5.74, 6) is 0.123. The van der Waals surface area contributed by atoms with Gasteiger partial charge < -0.3 is 5.11 Å². The molecule has 0 aromatic rings. The van der Waals surface area contributed by atoms with Crippen molar-refractivity contribution in [3.63, 3.8) is 0 Å². The van der Waals surface area contributed by atoms with Crippen LogP contribution in [0.15, 0.2) is 0 Å². The Morgan fingerprint density at radius 3 is 1.76 bits per heavy atom.